The molecule has 0 atom stereocenters. The summed E-state index contributed by atoms with van der Waals surface area (Å²) < 4.78 is 6.91. The second-order valence-electron chi connectivity index (χ2n) is 3.43. The van der Waals surface area contributed by atoms with E-state index in [1.165, 1.54) is 6.92 Å². The molecular weight excluding hydrogens is 204 g/mol. The van der Waals surface area contributed by atoms with Gasteiger partial charge in [-0.3, -0.25) is 4.79 Å². The molecule has 0 aliphatic heterocycles. The van der Waals surface area contributed by atoms with Crippen LogP contribution in [0.25, 0.3) is 5.69 Å². The third kappa shape index (κ3) is 2.11. The third-order valence-electron chi connectivity index (χ3n) is 2.20. The quantitative estimate of drug-likeness (QED) is 0.570. The van der Waals surface area contributed by atoms with E-state index in [0.717, 1.165) is 11.5 Å². The molecule has 0 saturated heterocycles. The van der Waals surface area contributed by atoms with Gasteiger partial charge < -0.3 is 9.30 Å². The molecule has 1 aromatic heterocycles. The molecule has 1 aromatic carbocycles. The van der Waals surface area contributed by atoms with Gasteiger partial charge in [0.1, 0.15) is 11.6 Å². The van der Waals surface area contributed by atoms with Crippen molar-refractivity contribution in [1.82, 2.24) is 9.55 Å². The first kappa shape index (κ1) is 10.4. The first-order chi connectivity index (χ1) is 7.66. The molecule has 82 valence electrons. The number of carbonyl (C=O) groups is 1. The van der Waals surface area contributed by atoms with Gasteiger partial charge >= 0.3 is 5.97 Å². The predicted molar refractivity (Wildman–Crippen MR) is 59.6 cm³/mol. The average Bonchev–Trinajstić information content (AvgIpc) is 2.65. The highest BCUT2D eigenvalue weighted by Gasteiger charge is 2.01. The van der Waals surface area contributed by atoms with Crippen LogP contribution in [0.2, 0.25) is 0 Å². The molecule has 4 nitrogen and oxygen atoms in total. The van der Waals surface area contributed by atoms with Crippen LogP contribution in [0.4, 0.5) is 0 Å². The molecule has 0 unspecified atom stereocenters. The van der Waals surface area contributed by atoms with Crippen LogP contribution in [-0.4, -0.2) is 15.5 Å². The number of rotatable bonds is 2. The molecule has 16 heavy (non-hydrogen) atoms. The number of imidazole rings is 1. The van der Waals surface area contributed by atoms with Gasteiger partial charge in [-0.15, -0.1) is 0 Å². The number of benzene rings is 1. The lowest BCUT2D eigenvalue weighted by Crippen LogP contribution is -2.01. The molecule has 0 amide bonds. The van der Waals surface area contributed by atoms with Crippen LogP contribution in [0.15, 0.2) is 36.7 Å². The number of hydrogen-bond donors (Lipinski definition) is 0. The van der Waals surface area contributed by atoms with Crippen LogP contribution >= 0.6 is 0 Å². The fourth-order valence-electron chi connectivity index (χ4n) is 1.49. The number of nitrogens with zero attached hydrogens (tertiary/aromatic N) is 2. The highest BCUT2D eigenvalue weighted by atomic mass is 16.5. The van der Waals surface area contributed by atoms with Crippen molar-refractivity contribution in [3.63, 3.8) is 0 Å². The molecule has 0 spiro atoms. The van der Waals surface area contributed by atoms with Crippen molar-refractivity contribution in [2.75, 3.05) is 0 Å². The molecule has 2 aromatic rings. The van der Waals surface area contributed by atoms with Gasteiger partial charge in [-0.05, 0) is 31.2 Å². The Bertz CT molecular complexity index is 500. The smallest absolute Gasteiger partial charge is 0.308 e. The van der Waals surface area contributed by atoms with Crippen LogP contribution in [0.1, 0.15) is 12.7 Å². The SMILES string of the molecule is CC(=O)Oc1ccc(-n2ccnc2C)cc1. The molecule has 0 radical (unpaired) electrons. The van der Waals surface area contributed by atoms with Gasteiger partial charge in [0.15, 0.2) is 0 Å². The Morgan fingerprint density at radius 2 is 2.00 bits per heavy atom. The predicted octanol–water partition coefficient (Wildman–Crippen LogP) is 2.11. The minimum absolute atomic E-state index is 0.313. The summed E-state index contributed by atoms with van der Waals surface area (Å²) >= 11 is 0. The summed E-state index contributed by atoms with van der Waals surface area (Å²) in [4.78, 5) is 14.9. The summed E-state index contributed by atoms with van der Waals surface area (Å²) in [6.07, 6.45) is 3.63. The largest absolute Gasteiger partial charge is 0.427 e. The molecule has 0 saturated carbocycles. The molecular formula is C12H12N2O2. The third-order valence-corrected chi connectivity index (χ3v) is 2.20. The van der Waals surface area contributed by atoms with Crippen molar-refractivity contribution in [1.29, 1.82) is 0 Å². The van der Waals surface area contributed by atoms with Crippen molar-refractivity contribution in [2.45, 2.75) is 13.8 Å². The Morgan fingerprint density at radius 1 is 1.31 bits per heavy atom. The van der Waals surface area contributed by atoms with E-state index in [0.29, 0.717) is 5.75 Å². The van der Waals surface area contributed by atoms with Crippen molar-refractivity contribution in [3.8, 4) is 11.4 Å². The van der Waals surface area contributed by atoms with Crippen molar-refractivity contribution in [2.24, 2.45) is 0 Å². The molecule has 4 heteroatoms. The van der Waals surface area contributed by atoms with Gasteiger partial charge in [-0.25, -0.2) is 4.98 Å². The Hall–Kier alpha value is -2.10. The van der Waals surface area contributed by atoms with Gasteiger partial charge in [0.2, 0.25) is 0 Å². The van der Waals surface area contributed by atoms with Crippen LogP contribution in [0.3, 0.4) is 0 Å². The highest BCUT2D eigenvalue weighted by Crippen LogP contribution is 2.16. The topological polar surface area (TPSA) is 44.1 Å². The first-order valence-electron chi connectivity index (χ1n) is 4.95. The summed E-state index contributed by atoms with van der Waals surface area (Å²) in [7, 11) is 0. The number of aryl methyl sites for hydroxylation is 1. The van der Waals surface area contributed by atoms with Crippen molar-refractivity contribution < 1.29 is 9.53 Å². The van der Waals surface area contributed by atoms with E-state index in [2.05, 4.69) is 4.98 Å². The maximum atomic E-state index is 10.7. The Kier molecular flexibility index (Phi) is 2.72. The molecule has 0 aliphatic carbocycles. The summed E-state index contributed by atoms with van der Waals surface area (Å²) in [6, 6.07) is 7.28. The molecule has 0 aliphatic rings. The van der Waals surface area contributed by atoms with E-state index >= 15 is 0 Å². The zero-order valence-corrected chi connectivity index (χ0v) is 9.18. The van der Waals surface area contributed by atoms with E-state index in [1.54, 1.807) is 18.3 Å². The average molecular weight is 216 g/mol. The minimum atomic E-state index is -0.313. The molecule has 2 rings (SSSR count). The van der Waals surface area contributed by atoms with Gasteiger partial charge in [0.05, 0.1) is 0 Å². The maximum absolute atomic E-state index is 10.7. The lowest BCUT2D eigenvalue weighted by molar-refractivity contribution is -0.131. The number of hydrogen-bond acceptors (Lipinski definition) is 3. The van der Waals surface area contributed by atoms with Crippen LogP contribution in [0, 0.1) is 6.92 Å². The van der Waals surface area contributed by atoms with Crippen LogP contribution in [-0.2, 0) is 4.79 Å². The van der Waals surface area contributed by atoms with E-state index in [1.807, 2.05) is 29.8 Å². The standard InChI is InChI=1S/C12H12N2O2/c1-9-13-7-8-14(9)11-3-5-12(6-4-11)16-10(2)15/h3-8H,1-2H3. The van der Waals surface area contributed by atoms with Gasteiger partial charge in [-0.1, -0.05) is 0 Å². The fraction of sp³-hybridized carbons (Fsp3) is 0.167. The molecule has 0 bridgehead atoms. The second kappa shape index (κ2) is 4.18. The molecule has 0 N–H and O–H groups in total. The Balaban J connectivity index is 2.26. The number of ether oxygens (including phenoxy) is 1. The lowest BCUT2D eigenvalue weighted by atomic mass is 10.3. The van der Waals surface area contributed by atoms with Gasteiger partial charge in [-0.2, -0.15) is 0 Å². The van der Waals surface area contributed by atoms with Crippen LogP contribution in [0.5, 0.6) is 5.75 Å². The Morgan fingerprint density at radius 3 is 2.50 bits per heavy atom. The first-order valence-corrected chi connectivity index (χ1v) is 4.95. The summed E-state index contributed by atoms with van der Waals surface area (Å²) in [6.45, 7) is 3.31. The molecule has 0 fully saturated rings. The van der Waals surface area contributed by atoms with Crippen LogP contribution < -0.4 is 4.74 Å². The van der Waals surface area contributed by atoms with E-state index in [4.69, 9.17) is 4.74 Å². The number of esters is 1. The summed E-state index contributed by atoms with van der Waals surface area (Å²) in [5.41, 5.74) is 0.992. The second-order valence-corrected chi connectivity index (χ2v) is 3.43. The van der Waals surface area contributed by atoms with Gasteiger partial charge in [0.25, 0.3) is 0 Å². The highest BCUT2D eigenvalue weighted by molar-refractivity contribution is 5.69. The monoisotopic (exact) mass is 216 g/mol. The van der Waals surface area contributed by atoms with Crippen molar-refractivity contribution >= 4 is 5.97 Å². The zero-order chi connectivity index (χ0) is 11.5. The lowest BCUT2D eigenvalue weighted by Gasteiger charge is -2.06. The Labute approximate surface area is 93.5 Å². The number of carbonyl (C=O) groups excluding carboxylic acids is 1. The van der Waals surface area contributed by atoms with Gasteiger partial charge in [0, 0.05) is 25.0 Å². The van der Waals surface area contributed by atoms with E-state index < -0.39 is 0 Å². The minimum Gasteiger partial charge on any atom is -0.427 e. The van der Waals surface area contributed by atoms with E-state index in [-0.39, 0.29) is 5.97 Å². The summed E-state index contributed by atoms with van der Waals surface area (Å²) in [5.74, 6) is 1.15. The maximum Gasteiger partial charge on any atom is 0.308 e. The molecule has 1 heterocycles. The van der Waals surface area contributed by atoms with Crippen molar-refractivity contribution in [3.05, 3.63) is 42.5 Å². The van der Waals surface area contributed by atoms with E-state index in [9.17, 15) is 4.79 Å². The fourth-order valence-corrected chi connectivity index (χ4v) is 1.49. The zero-order valence-electron chi connectivity index (χ0n) is 9.18. The number of aromatic nitrogens is 2. The normalized spacial score (nSPS) is 10.1. The summed E-state index contributed by atoms with van der Waals surface area (Å²) in [5, 5.41) is 0.